The van der Waals surface area contributed by atoms with Gasteiger partial charge in [-0.05, 0) is 36.2 Å². The van der Waals surface area contributed by atoms with Crippen LogP contribution in [0.1, 0.15) is 21.5 Å². The summed E-state index contributed by atoms with van der Waals surface area (Å²) in [7, 11) is 1.66. The Balaban J connectivity index is 1.89. The van der Waals surface area contributed by atoms with Crippen molar-refractivity contribution in [2.45, 2.75) is 13.5 Å². The second-order valence-corrected chi connectivity index (χ2v) is 5.30. The molecule has 23 heavy (non-hydrogen) atoms. The third-order valence-electron chi connectivity index (χ3n) is 3.50. The summed E-state index contributed by atoms with van der Waals surface area (Å²) in [5.41, 5.74) is 2.35. The van der Waals surface area contributed by atoms with E-state index in [1.54, 1.807) is 7.05 Å². The first-order chi connectivity index (χ1) is 11.0. The minimum Gasteiger partial charge on any atom is -0.508 e. The molecule has 1 amide bonds. The number of aryl methyl sites for hydroxylation is 1. The van der Waals surface area contributed by atoms with E-state index in [1.807, 2.05) is 31.2 Å². The Kier molecular flexibility index (Phi) is 5.36. The molecule has 0 atom stereocenters. The Labute approximate surface area is 135 Å². The molecule has 0 heterocycles. The third-order valence-corrected chi connectivity index (χ3v) is 3.50. The van der Waals surface area contributed by atoms with Gasteiger partial charge in [-0.25, -0.2) is 4.79 Å². The first-order valence-electron chi connectivity index (χ1n) is 7.22. The van der Waals surface area contributed by atoms with Crippen LogP contribution in [0.25, 0.3) is 0 Å². The van der Waals surface area contributed by atoms with E-state index in [-0.39, 0.29) is 23.8 Å². The third kappa shape index (κ3) is 4.57. The molecule has 0 spiro atoms. The fourth-order valence-electron chi connectivity index (χ4n) is 2.08. The summed E-state index contributed by atoms with van der Waals surface area (Å²) in [5.74, 6) is -0.956. The zero-order valence-electron chi connectivity index (χ0n) is 13.2. The average Bonchev–Trinajstić information content (AvgIpc) is 2.54. The van der Waals surface area contributed by atoms with Crippen molar-refractivity contribution in [3.05, 3.63) is 65.2 Å². The number of amides is 1. The Bertz CT molecular complexity index is 712. The lowest BCUT2D eigenvalue weighted by molar-refractivity contribution is -0.133. The Hall–Kier alpha value is -2.82. The van der Waals surface area contributed by atoms with Gasteiger partial charge in [-0.15, -0.1) is 0 Å². The summed E-state index contributed by atoms with van der Waals surface area (Å²) in [6, 6.07) is 13.6. The molecule has 2 aromatic carbocycles. The number of esters is 1. The summed E-state index contributed by atoms with van der Waals surface area (Å²) in [5, 5.41) is 9.33. The summed E-state index contributed by atoms with van der Waals surface area (Å²) in [6.45, 7) is 2.10. The van der Waals surface area contributed by atoms with Gasteiger partial charge in [-0.3, -0.25) is 4.79 Å². The number of carbonyl (C=O) groups excluding carboxylic acids is 2. The van der Waals surface area contributed by atoms with Crippen molar-refractivity contribution in [2.24, 2.45) is 0 Å². The number of phenols is 1. The van der Waals surface area contributed by atoms with Crippen LogP contribution in [-0.2, 0) is 16.1 Å². The minimum atomic E-state index is -0.640. The maximum Gasteiger partial charge on any atom is 0.338 e. The lowest BCUT2D eigenvalue weighted by Gasteiger charge is -2.18. The van der Waals surface area contributed by atoms with Crippen molar-refractivity contribution < 1.29 is 19.4 Å². The van der Waals surface area contributed by atoms with Crippen LogP contribution >= 0.6 is 0 Å². The highest BCUT2D eigenvalue weighted by atomic mass is 16.5. The summed E-state index contributed by atoms with van der Waals surface area (Å²) in [6.07, 6.45) is 0. The van der Waals surface area contributed by atoms with Crippen LogP contribution < -0.4 is 0 Å². The molecule has 2 aromatic rings. The molecule has 0 fully saturated rings. The van der Waals surface area contributed by atoms with E-state index in [0.717, 1.165) is 11.1 Å². The van der Waals surface area contributed by atoms with Crippen LogP contribution in [0.3, 0.4) is 0 Å². The molecule has 0 aliphatic heterocycles. The monoisotopic (exact) mass is 313 g/mol. The minimum absolute atomic E-state index is 0.0255. The first kappa shape index (κ1) is 16.5. The zero-order chi connectivity index (χ0) is 16.8. The molecule has 0 aromatic heterocycles. The van der Waals surface area contributed by atoms with Gasteiger partial charge >= 0.3 is 5.97 Å². The number of phenolic OH excluding ortho intramolecular Hbond substituents is 1. The highest BCUT2D eigenvalue weighted by Gasteiger charge is 2.14. The lowest BCUT2D eigenvalue weighted by Crippen LogP contribution is -2.31. The molecule has 2 rings (SSSR count). The van der Waals surface area contributed by atoms with Crippen molar-refractivity contribution in [1.29, 1.82) is 0 Å². The Morgan fingerprint density at radius 1 is 1.13 bits per heavy atom. The molecular weight excluding hydrogens is 294 g/mol. The van der Waals surface area contributed by atoms with Gasteiger partial charge in [-0.1, -0.05) is 30.3 Å². The normalized spacial score (nSPS) is 10.2. The van der Waals surface area contributed by atoms with Gasteiger partial charge in [0.25, 0.3) is 5.91 Å². The van der Waals surface area contributed by atoms with Gasteiger partial charge < -0.3 is 14.7 Å². The second kappa shape index (κ2) is 7.45. The molecule has 120 valence electrons. The number of benzene rings is 2. The number of hydrogen-bond acceptors (Lipinski definition) is 4. The Morgan fingerprint density at radius 3 is 2.57 bits per heavy atom. The highest BCUT2D eigenvalue weighted by molar-refractivity contribution is 5.91. The number of aromatic hydroxyl groups is 1. The molecule has 0 saturated carbocycles. The van der Waals surface area contributed by atoms with Crippen LogP contribution in [0.2, 0.25) is 0 Å². The molecule has 5 heteroatoms. The number of hydrogen-bond donors (Lipinski definition) is 1. The van der Waals surface area contributed by atoms with Crippen LogP contribution in [0.4, 0.5) is 0 Å². The van der Waals surface area contributed by atoms with E-state index < -0.39 is 5.97 Å². The molecule has 0 aliphatic carbocycles. The van der Waals surface area contributed by atoms with Crippen molar-refractivity contribution in [3.8, 4) is 5.75 Å². The highest BCUT2D eigenvalue weighted by Crippen LogP contribution is 2.12. The predicted molar refractivity (Wildman–Crippen MR) is 86.0 cm³/mol. The fraction of sp³-hybridized carbons (Fsp3) is 0.222. The molecule has 0 radical (unpaired) electrons. The summed E-state index contributed by atoms with van der Waals surface area (Å²) < 4.78 is 4.99. The van der Waals surface area contributed by atoms with Crippen molar-refractivity contribution in [3.63, 3.8) is 0 Å². The number of rotatable bonds is 5. The maximum atomic E-state index is 12.1. The fourth-order valence-corrected chi connectivity index (χ4v) is 2.08. The van der Waals surface area contributed by atoms with Gasteiger partial charge in [0.1, 0.15) is 5.75 Å². The largest absolute Gasteiger partial charge is 0.508 e. The summed E-state index contributed by atoms with van der Waals surface area (Å²) >= 11 is 0. The topological polar surface area (TPSA) is 66.8 Å². The van der Waals surface area contributed by atoms with E-state index in [2.05, 4.69) is 0 Å². The van der Waals surface area contributed by atoms with Gasteiger partial charge in [0.2, 0.25) is 0 Å². The van der Waals surface area contributed by atoms with E-state index in [0.29, 0.717) is 6.54 Å². The van der Waals surface area contributed by atoms with Crippen LogP contribution in [-0.4, -0.2) is 35.5 Å². The molecule has 0 saturated heterocycles. The zero-order valence-corrected chi connectivity index (χ0v) is 13.2. The molecule has 1 N–H and O–H groups in total. The lowest BCUT2D eigenvalue weighted by atomic mass is 10.1. The SMILES string of the molecule is Cc1ccccc1CN(C)C(=O)COC(=O)c1cccc(O)c1. The van der Waals surface area contributed by atoms with E-state index in [1.165, 1.54) is 29.2 Å². The van der Waals surface area contributed by atoms with Gasteiger partial charge in [0.15, 0.2) is 6.61 Å². The molecule has 0 bridgehead atoms. The number of likely N-dealkylation sites (N-methyl/N-ethyl adjacent to an activating group) is 1. The van der Waals surface area contributed by atoms with Gasteiger partial charge in [0, 0.05) is 13.6 Å². The summed E-state index contributed by atoms with van der Waals surface area (Å²) in [4.78, 5) is 25.4. The van der Waals surface area contributed by atoms with Crippen LogP contribution in [0.5, 0.6) is 5.75 Å². The van der Waals surface area contributed by atoms with E-state index in [4.69, 9.17) is 4.74 Å². The standard InChI is InChI=1S/C18H19NO4/c1-13-6-3-4-7-15(13)11-19(2)17(21)12-23-18(22)14-8-5-9-16(20)10-14/h3-10,20H,11-12H2,1-2H3. The van der Waals surface area contributed by atoms with Crippen LogP contribution in [0, 0.1) is 6.92 Å². The predicted octanol–water partition coefficient (Wildman–Crippen LogP) is 2.52. The van der Waals surface area contributed by atoms with Crippen molar-refractivity contribution in [1.82, 2.24) is 4.90 Å². The quantitative estimate of drug-likeness (QED) is 0.861. The molecular formula is C18H19NO4. The number of ether oxygens (including phenoxy) is 1. The maximum absolute atomic E-state index is 12.1. The van der Waals surface area contributed by atoms with Crippen molar-refractivity contribution >= 4 is 11.9 Å². The van der Waals surface area contributed by atoms with E-state index in [9.17, 15) is 14.7 Å². The second-order valence-electron chi connectivity index (χ2n) is 5.30. The molecule has 0 aliphatic rings. The van der Waals surface area contributed by atoms with Crippen molar-refractivity contribution in [2.75, 3.05) is 13.7 Å². The number of carbonyl (C=O) groups is 2. The first-order valence-corrected chi connectivity index (χ1v) is 7.22. The van der Waals surface area contributed by atoms with E-state index >= 15 is 0 Å². The van der Waals surface area contributed by atoms with Gasteiger partial charge in [0.05, 0.1) is 5.56 Å². The van der Waals surface area contributed by atoms with Crippen LogP contribution in [0.15, 0.2) is 48.5 Å². The van der Waals surface area contributed by atoms with Gasteiger partial charge in [-0.2, -0.15) is 0 Å². The molecule has 5 nitrogen and oxygen atoms in total. The smallest absolute Gasteiger partial charge is 0.338 e. The number of nitrogens with zero attached hydrogens (tertiary/aromatic N) is 1. The Morgan fingerprint density at radius 2 is 1.87 bits per heavy atom. The molecule has 0 unspecified atom stereocenters. The average molecular weight is 313 g/mol.